The maximum atomic E-state index is 11.9. The fourth-order valence-electron chi connectivity index (χ4n) is 2.14. The second kappa shape index (κ2) is 5.10. The second-order valence-corrected chi connectivity index (χ2v) is 4.97. The number of rotatable bonds is 3. The Morgan fingerprint density at radius 3 is 2.78 bits per heavy atom. The number of carbonyl (C=O) groups is 2. The maximum absolute atomic E-state index is 11.9. The van der Waals surface area contributed by atoms with E-state index in [0.717, 1.165) is 22.1 Å². The summed E-state index contributed by atoms with van der Waals surface area (Å²) in [5.41, 5.74) is 2.47. The smallest absolute Gasteiger partial charge is 0.323 e. The van der Waals surface area contributed by atoms with E-state index in [1.54, 1.807) is 13.0 Å². The van der Waals surface area contributed by atoms with Crippen LogP contribution in [0.5, 0.6) is 0 Å². The molecular formula is C13H14BrNO3. The lowest BCUT2D eigenvalue weighted by molar-refractivity contribution is -0.147. The number of nitrogens with one attached hydrogen (secondary N) is 1. The number of halogens is 1. The van der Waals surface area contributed by atoms with Crippen LogP contribution in [-0.4, -0.2) is 18.5 Å². The van der Waals surface area contributed by atoms with Crippen LogP contribution in [0.25, 0.3) is 0 Å². The van der Waals surface area contributed by atoms with Crippen LogP contribution in [-0.2, 0) is 20.7 Å². The third-order valence-corrected chi connectivity index (χ3v) is 3.40. The molecule has 0 spiro atoms. The van der Waals surface area contributed by atoms with Crippen LogP contribution in [0.3, 0.4) is 0 Å². The van der Waals surface area contributed by atoms with Gasteiger partial charge in [-0.1, -0.05) is 22.9 Å². The molecule has 0 saturated heterocycles. The molecule has 1 unspecified atom stereocenters. The summed E-state index contributed by atoms with van der Waals surface area (Å²) in [6.45, 7) is 4.00. The number of esters is 1. The van der Waals surface area contributed by atoms with Gasteiger partial charge in [-0.15, -0.1) is 0 Å². The van der Waals surface area contributed by atoms with Gasteiger partial charge in [0.25, 0.3) is 0 Å². The quantitative estimate of drug-likeness (QED) is 0.689. The summed E-state index contributed by atoms with van der Waals surface area (Å²) in [6, 6.07) is 3.75. The van der Waals surface area contributed by atoms with Crippen LogP contribution in [0.2, 0.25) is 0 Å². The van der Waals surface area contributed by atoms with Gasteiger partial charge in [0.05, 0.1) is 6.61 Å². The molecule has 1 N–H and O–H groups in total. The largest absolute Gasteiger partial charge is 0.465 e. The molecule has 1 heterocycles. The van der Waals surface area contributed by atoms with Crippen LogP contribution in [0.15, 0.2) is 16.6 Å². The van der Waals surface area contributed by atoms with Gasteiger partial charge in [-0.05, 0) is 31.0 Å². The second-order valence-electron chi connectivity index (χ2n) is 4.06. The Balaban J connectivity index is 2.48. The molecule has 18 heavy (non-hydrogen) atoms. The molecular weight excluding hydrogens is 298 g/mol. The summed E-state index contributed by atoms with van der Waals surface area (Å²) in [5, 5.41) is 2.77. The van der Waals surface area contributed by atoms with Gasteiger partial charge in [-0.25, -0.2) is 0 Å². The Bertz CT molecular complexity index is 513. The predicted molar refractivity (Wildman–Crippen MR) is 71.5 cm³/mol. The van der Waals surface area contributed by atoms with Crippen molar-refractivity contribution in [1.29, 1.82) is 0 Å². The van der Waals surface area contributed by atoms with E-state index in [9.17, 15) is 9.59 Å². The van der Waals surface area contributed by atoms with Gasteiger partial charge >= 0.3 is 5.97 Å². The van der Waals surface area contributed by atoms with Gasteiger partial charge in [0.2, 0.25) is 5.91 Å². The van der Waals surface area contributed by atoms with Crippen molar-refractivity contribution >= 4 is 33.5 Å². The van der Waals surface area contributed by atoms with E-state index in [-0.39, 0.29) is 12.5 Å². The zero-order valence-corrected chi connectivity index (χ0v) is 11.8. The first-order chi connectivity index (χ1) is 8.58. The Kier molecular flexibility index (Phi) is 3.71. The molecule has 5 heteroatoms. The SMILES string of the molecule is CCOC(=O)C1C(=O)Nc2c(CC)cc(Br)cc21. The van der Waals surface area contributed by atoms with Crippen molar-refractivity contribution in [2.75, 3.05) is 11.9 Å². The number of benzene rings is 1. The number of hydrogen-bond acceptors (Lipinski definition) is 3. The first kappa shape index (κ1) is 13.1. The van der Waals surface area contributed by atoms with Crippen molar-refractivity contribution in [2.24, 2.45) is 0 Å². The zero-order valence-electron chi connectivity index (χ0n) is 10.2. The highest BCUT2D eigenvalue weighted by Gasteiger charge is 2.38. The van der Waals surface area contributed by atoms with Crippen molar-refractivity contribution in [2.45, 2.75) is 26.2 Å². The minimum atomic E-state index is -0.845. The minimum absolute atomic E-state index is 0.270. The molecule has 0 saturated carbocycles. The highest BCUT2D eigenvalue weighted by molar-refractivity contribution is 9.10. The van der Waals surface area contributed by atoms with Gasteiger partial charge < -0.3 is 10.1 Å². The minimum Gasteiger partial charge on any atom is -0.465 e. The molecule has 1 aliphatic heterocycles. The maximum Gasteiger partial charge on any atom is 0.323 e. The number of hydrogen-bond donors (Lipinski definition) is 1. The molecule has 0 aliphatic carbocycles. The summed E-state index contributed by atoms with van der Waals surface area (Å²) in [4.78, 5) is 23.7. The van der Waals surface area contributed by atoms with Crippen molar-refractivity contribution in [3.63, 3.8) is 0 Å². The fourth-order valence-corrected chi connectivity index (χ4v) is 2.66. The Morgan fingerprint density at radius 2 is 2.17 bits per heavy atom. The first-order valence-electron chi connectivity index (χ1n) is 5.88. The van der Waals surface area contributed by atoms with Gasteiger partial charge in [0.1, 0.15) is 0 Å². The highest BCUT2D eigenvalue weighted by Crippen LogP contribution is 2.38. The Hall–Kier alpha value is -1.36. The van der Waals surface area contributed by atoms with E-state index < -0.39 is 11.9 Å². The van der Waals surface area contributed by atoms with E-state index in [1.807, 2.05) is 13.0 Å². The normalized spacial score (nSPS) is 17.3. The van der Waals surface area contributed by atoms with E-state index in [4.69, 9.17) is 4.74 Å². The highest BCUT2D eigenvalue weighted by atomic mass is 79.9. The summed E-state index contributed by atoms with van der Waals surface area (Å²) in [5.74, 6) is -1.65. The van der Waals surface area contributed by atoms with E-state index in [0.29, 0.717) is 5.56 Å². The molecule has 96 valence electrons. The predicted octanol–water partition coefficient (Wildman–Crippen LogP) is 2.61. The average Bonchev–Trinajstić information content (AvgIpc) is 2.64. The fraction of sp³-hybridized carbons (Fsp3) is 0.385. The summed E-state index contributed by atoms with van der Waals surface area (Å²) in [6.07, 6.45) is 0.789. The number of aryl methyl sites for hydroxylation is 1. The monoisotopic (exact) mass is 311 g/mol. The van der Waals surface area contributed by atoms with Gasteiger partial charge in [-0.3, -0.25) is 9.59 Å². The average molecular weight is 312 g/mol. The molecule has 4 nitrogen and oxygen atoms in total. The van der Waals surface area contributed by atoms with E-state index in [2.05, 4.69) is 21.2 Å². The van der Waals surface area contributed by atoms with E-state index >= 15 is 0 Å². The van der Waals surface area contributed by atoms with Gasteiger partial charge in [-0.2, -0.15) is 0 Å². The van der Waals surface area contributed by atoms with Crippen LogP contribution in [0.1, 0.15) is 30.9 Å². The van der Waals surface area contributed by atoms with Crippen LogP contribution in [0, 0.1) is 0 Å². The molecule has 1 aliphatic rings. The summed E-state index contributed by atoms with van der Waals surface area (Å²) in [7, 11) is 0. The zero-order chi connectivity index (χ0) is 13.3. The van der Waals surface area contributed by atoms with E-state index in [1.165, 1.54) is 0 Å². The number of carbonyl (C=O) groups excluding carboxylic acids is 2. The van der Waals surface area contributed by atoms with Crippen LogP contribution >= 0.6 is 15.9 Å². The molecule has 1 aromatic carbocycles. The van der Waals surface area contributed by atoms with Gasteiger partial charge in [0, 0.05) is 15.7 Å². The Morgan fingerprint density at radius 1 is 1.44 bits per heavy atom. The lowest BCUT2D eigenvalue weighted by atomic mass is 9.98. The number of fused-ring (bicyclic) bond motifs is 1. The molecule has 0 aromatic heterocycles. The number of amides is 1. The lowest BCUT2D eigenvalue weighted by Gasteiger charge is -2.09. The standard InChI is InChI=1S/C13H14BrNO3/c1-3-7-5-8(14)6-9-10(13(17)18-4-2)12(16)15-11(7)9/h5-6,10H,3-4H2,1-2H3,(H,15,16). The van der Waals surface area contributed by atoms with Gasteiger partial charge in [0.15, 0.2) is 5.92 Å². The first-order valence-corrected chi connectivity index (χ1v) is 6.67. The van der Waals surface area contributed by atoms with Crippen LogP contribution in [0.4, 0.5) is 5.69 Å². The topological polar surface area (TPSA) is 55.4 Å². The third kappa shape index (κ3) is 2.14. The molecule has 0 bridgehead atoms. The summed E-state index contributed by atoms with van der Waals surface area (Å²) >= 11 is 3.40. The molecule has 2 rings (SSSR count). The van der Waals surface area contributed by atoms with Crippen LogP contribution < -0.4 is 5.32 Å². The lowest BCUT2D eigenvalue weighted by Crippen LogP contribution is -2.22. The number of anilines is 1. The van der Waals surface area contributed by atoms with Crippen molar-refractivity contribution < 1.29 is 14.3 Å². The van der Waals surface area contributed by atoms with Crippen molar-refractivity contribution in [3.8, 4) is 0 Å². The van der Waals surface area contributed by atoms with Crippen molar-refractivity contribution in [1.82, 2.24) is 0 Å². The van der Waals surface area contributed by atoms with Crippen molar-refractivity contribution in [3.05, 3.63) is 27.7 Å². The molecule has 1 aromatic rings. The third-order valence-electron chi connectivity index (χ3n) is 2.94. The molecule has 0 fully saturated rings. The Labute approximate surface area is 114 Å². The number of ether oxygens (including phenoxy) is 1. The molecule has 1 atom stereocenters. The molecule has 0 radical (unpaired) electrons. The summed E-state index contributed by atoms with van der Waals surface area (Å²) < 4.78 is 5.82. The molecule has 1 amide bonds.